The van der Waals surface area contributed by atoms with Gasteiger partial charge in [-0.3, -0.25) is 4.79 Å². The summed E-state index contributed by atoms with van der Waals surface area (Å²) in [5.74, 6) is -0.404. The van der Waals surface area contributed by atoms with Crippen LogP contribution >= 0.6 is 15.9 Å². The van der Waals surface area contributed by atoms with Gasteiger partial charge in [-0.25, -0.2) is 4.79 Å². The van der Waals surface area contributed by atoms with E-state index in [4.69, 9.17) is 4.74 Å². The molecule has 0 unspecified atom stereocenters. The first kappa shape index (κ1) is 15.7. The molecule has 0 heterocycles. The summed E-state index contributed by atoms with van der Waals surface area (Å²) in [7, 11) is 1.70. The summed E-state index contributed by atoms with van der Waals surface area (Å²) < 4.78 is 5.85. The average Bonchev–Trinajstić information content (AvgIpc) is 2.37. The molecule has 0 aliphatic heterocycles. The average molecular weight is 328 g/mol. The number of benzene rings is 1. The molecule has 0 aliphatic carbocycles. The Morgan fingerprint density at radius 3 is 2.53 bits per heavy atom. The smallest absolute Gasteiger partial charge is 0.339 e. The van der Waals surface area contributed by atoms with Crippen LogP contribution in [0.4, 0.5) is 0 Å². The highest BCUT2D eigenvalue weighted by Crippen LogP contribution is 2.16. The molecule has 0 aliphatic rings. The van der Waals surface area contributed by atoms with Gasteiger partial charge in [0.1, 0.15) is 6.61 Å². The lowest BCUT2D eigenvalue weighted by molar-refractivity contribution is -0.133. The summed E-state index contributed by atoms with van der Waals surface area (Å²) in [6.45, 7) is 4.26. The Kier molecular flexibility index (Phi) is 6.02. The van der Waals surface area contributed by atoms with Gasteiger partial charge in [-0.1, -0.05) is 26.0 Å². The van der Waals surface area contributed by atoms with Crippen molar-refractivity contribution in [1.82, 2.24) is 4.90 Å². The number of esters is 1. The maximum Gasteiger partial charge on any atom is 0.339 e. The third-order valence-electron chi connectivity index (χ3n) is 2.62. The molecule has 1 rings (SSSR count). The minimum Gasteiger partial charge on any atom is -0.460 e. The molecular formula is C14H18BrNO3. The second kappa shape index (κ2) is 7.28. The fourth-order valence-electron chi connectivity index (χ4n) is 1.53. The van der Waals surface area contributed by atoms with Crippen molar-refractivity contribution in [1.29, 1.82) is 0 Å². The van der Waals surface area contributed by atoms with Crippen LogP contribution in [-0.2, 0) is 9.53 Å². The molecule has 0 saturated heterocycles. The zero-order valence-electron chi connectivity index (χ0n) is 11.4. The van der Waals surface area contributed by atoms with E-state index in [9.17, 15) is 9.59 Å². The lowest BCUT2D eigenvalue weighted by Gasteiger charge is -2.19. The summed E-state index contributed by atoms with van der Waals surface area (Å²) in [5, 5.41) is 0. The highest BCUT2D eigenvalue weighted by atomic mass is 79.9. The SMILES string of the molecule is CC(C)C(=O)N(C)CCOC(=O)c1ccccc1Br. The molecule has 5 heteroatoms. The number of likely N-dealkylation sites (N-methyl/N-ethyl adjacent to an activating group) is 1. The second-order valence-electron chi connectivity index (χ2n) is 4.53. The third kappa shape index (κ3) is 4.67. The molecule has 0 aromatic heterocycles. The maximum atomic E-state index is 11.8. The fourth-order valence-corrected chi connectivity index (χ4v) is 1.98. The van der Waals surface area contributed by atoms with Crippen LogP contribution < -0.4 is 0 Å². The van der Waals surface area contributed by atoms with E-state index in [-0.39, 0.29) is 18.4 Å². The first-order chi connectivity index (χ1) is 8.93. The number of amides is 1. The van der Waals surface area contributed by atoms with Gasteiger partial charge in [-0.05, 0) is 28.1 Å². The number of ether oxygens (including phenoxy) is 1. The molecule has 0 atom stereocenters. The first-order valence-electron chi connectivity index (χ1n) is 6.10. The molecule has 0 fully saturated rings. The summed E-state index contributed by atoms with van der Waals surface area (Å²) in [4.78, 5) is 25.0. The van der Waals surface area contributed by atoms with Gasteiger partial charge in [-0.2, -0.15) is 0 Å². The van der Waals surface area contributed by atoms with Crippen molar-refractivity contribution in [3.05, 3.63) is 34.3 Å². The summed E-state index contributed by atoms with van der Waals surface area (Å²) in [5.41, 5.74) is 0.486. The standard InChI is InChI=1S/C14H18BrNO3/c1-10(2)13(17)16(3)8-9-19-14(18)11-6-4-5-7-12(11)15/h4-7,10H,8-9H2,1-3H3. The van der Waals surface area contributed by atoms with E-state index in [1.54, 1.807) is 30.1 Å². The monoisotopic (exact) mass is 327 g/mol. The van der Waals surface area contributed by atoms with Crippen LogP contribution in [0.25, 0.3) is 0 Å². The molecule has 104 valence electrons. The lowest BCUT2D eigenvalue weighted by atomic mass is 10.2. The van der Waals surface area contributed by atoms with Crippen LogP contribution in [0.15, 0.2) is 28.7 Å². The van der Waals surface area contributed by atoms with Crippen LogP contribution in [0.3, 0.4) is 0 Å². The summed E-state index contributed by atoms with van der Waals surface area (Å²) in [6.07, 6.45) is 0. The predicted molar refractivity (Wildman–Crippen MR) is 76.9 cm³/mol. The van der Waals surface area contributed by atoms with Gasteiger partial charge >= 0.3 is 5.97 Å². The van der Waals surface area contributed by atoms with Crippen molar-refractivity contribution in [2.45, 2.75) is 13.8 Å². The van der Waals surface area contributed by atoms with Crippen molar-refractivity contribution in [3.8, 4) is 0 Å². The molecule has 0 bridgehead atoms. The van der Waals surface area contributed by atoms with Crippen molar-refractivity contribution in [2.75, 3.05) is 20.2 Å². The highest BCUT2D eigenvalue weighted by molar-refractivity contribution is 9.10. The normalized spacial score (nSPS) is 10.4. The van der Waals surface area contributed by atoms with Crippen molar-refractivity contribution >= 4 is 27.8 Å². The van der Waals surface area contributed by atoms with Crippen LogP contribution in [0.2, 0.25) is 0 Å². The van der Waals surface area contributed by atoms with Crippen LogP contribution in [-0.4, -0.2) is 37.0 Å². The second-order valence-corrected chi connectivity index (χ2v) is 5.38. The largest absolute Gasteiger partial charge is 0.460 e. The van der Waals surface area contributed by atoms with Gasteiger partial charge in [0, 0.05) is 17.4 Å². The van der Waals surface area contributed by atoms with E-state index in [1.807, 2.05) is 19.9 Å². The molecule has 19 heavy (non-hydrogen) atoms. The quantitative estimate of drug-likeness (QED) is 0.781. The predicted octanol–water partition coefficient (Wildman–Crippen LogP) is 2.72. The molecule has 1 amide bonds. The molecule has 4 nitrogen and oxygen atoms in total. The van der Waals surface area contributed by atoms with Gasteiger partial charge in [-0.15, -0.1) is 0 Å². The first-order valence-corrected chi connectivity index (χ1v) is 6.89. The van der Waals surface area contributed by atoms with Crippen LogP contribution in [0, 0.1) is 5.92 Å². The van der Waals surface area contributed by atoms with E-state index in [0.29, 0.717) is 16.6 Å². The number of carbonyl (C=O) groups excluding carboxylic acids is 2. The van der Waals surface area contributed by atoms with E-state index in [2.05, 4.69) is 15.9 Å². The topological polar surface area (TPSA) is 46.6 Å². The number of rotatable bonds is 5. The van der Waals surface area contributed by atoms with E-state index >= 15 is 0 Å². The number of hydrogen-bond donors (Lipinski definition) is 0. The zero-order valence-corrected chi connectivity index (χ0v) is 12.9. The van der Waals surface area contributed by atoms with Gasteiger partial charge in [0.2, 0.25) is 5.91 Å². The molecule has 1 aromatic carbocycles. The minimum absolute atomic E-state index is 0.0388. The van der Waals surface area contributed by atoms with E-state index in [0.717, 1.165) is 0 Å². The third-order valence-corrected chi connectivity index (χ3v) is 3.32. The van der Waals surface area contributed by atoms with Crippen molar-refractivity contribution in [2.24, 2.45) is 5.92 Å². The Bertz CT molecular complexity index is 460. The lowest BCUT2D eigenvalue weighted by Crippen LogP contribution is -2.33. The molecule has 0 radical (unpaired) electrons. The minimum atomic E-state index is -0.391. The van der Waals surface area contributed by atoms with Crippen molar-refractivity contribution in [3.63, 3.8) is 0 Å². The Balaban J connectivity index is 2.44. The molecule has 0 saturated carbocycles. The Labute approximate surface area is 121 Å². The number of carbonyl (C=O) groups is 2. The summed E-state index contributed by atoms with van der Waals surface area (Å²) >= 11 is 3.29. The Morgan fingerprint density at radius 2 is 1.95 bits per heavy atom. The summed E-state index contributed by atoms with van der Waals surface area (Å²) in [6, 6.07) is 7.08. The van der Waals surface area contributed by atoms with Crippen LogP contribution in [0.5, 0.6) is 0 Å². The van der Waals surface area contributed by atoms with Gasteiger partial charge < -0.3 is 9.64 Å². The Morgan fingerprint density at radius 1 is 1.32 bits per heavy atom. The fraction of sp³-hybridized carbons (Fsp3) is 0.429. The molecule has 0 N–H and O–H groups in total. The number of hydrogen-bond acceptors (Lipinski definition) is 3. The molecule has 0 spiro atoms. The maximum absolute atomic E-state index is 11.8. The Hall–Kier alpha value is -1.36. The highest BCUT2D eigenvalue weighted by Gasteiger charge is 2.14. The van der Waals surface area contributed by atoms with Gasteiger partial charge in [0.15, 0.2) is 0 Å². The molecule has 1 aromatic rings. The van der Waals surface area contributed by atoms with Gasteiger partial charge in [0.25, 0.3) is 0 Å². The van der Waals surface area contributed by atoms with Crippen LogP contribution in [0.1, 0.15) is 24.2 Å². The van der Waals surface area contributed by atoms with Gasteiger partial charge in [0.05, 0.1) is 12.1 Å². The molecular weight excluding hydrogens is 310 g/mol. The zero-order chi connectivity index (χ0) is 14.4. The van der Waals surface area contributed by atoms with E-state index < -0.39 is 5.97 Å². The number of nitrogens with zero attached hydrogens (tertiary/aromatic N) is 1. The van der Waals surface area contributed by atoms with Crippen molar-refractivity contribution < 1.29 is 14.3 Å². The van der Waals surface area contributed by atoms with E-state index in [1.165, 1.54) is 0 Å². The number of halogens is 1.